The van der Waals surface area contributed by atoms with E-state index in [9.17, 15) is 0 Å². The molecule has 0 aliphatic rings. The maximum absolute atomic E-state index is 3.82. The molecule has 0 fully saturated rings. The molecule has 0 heterocycles. The molecule has 0 atom stereocenters. The van der Waals surface area contributed by atoms with Gasteiger partial charge in [-0.15, -0.1) is 0 Å². The second kappa shape index (κ2) is 12.2. The summed E-state index contributed by atoms with van der Waals surface area (Å²) in [7, 11) is 14.9. The summed E-state index contributed by atoms with van der Waals surface area (Å²) in [6.45, 7) is 0. The third kappa shape index (κ3) is 6.53. The third-order valence-electron chi connectivity index (χ3n) is 4.86. The van der Waals surface area contributed by atoms with Gasteiger partial charge in [0.15, 0.2) is 0 Å². The molecule has 159 valence electrons. The average Bonchev–Trinajstić information content (AvgIpc) is 2.75. The van der Waals surface area contributed by atoms with Gasteiger partial charge in [-0.3, -0.25) is 14.0 Å². The second-order valence-corrected chi connectivity index (χ2v) is 20.0. The van der Waals surface area contributed by atoms with Crippen molar-refractivity contribution >= 4 is 46.0 Å². The van der Waals surface area contributed by atoms with Crippen LogP contribution in [-0.2, 0) is 0 Å². The van der Waals surface area contributed by atoms with Crippen LogP contribution in [0.3, 0.4) is 0 Å². The molecule has 30 heavy (non-hydrogen) atoms. The predicted molar refractivity (Wildman–Crippen MR) is 140 cm³/mol. The van der Waals surface area contributed by atoms with Crippen LogP contribution in [0.25, 0.3) is 0 Å². The Morgan fingerprint density at radius 3 is 0.900 bits per heavy atom. The van der Waals surface area contributed by atoms with Crippen LogP contribution in [0.1, 0.15) is 0 Å². The molecule has 0 aliphatic heterocycles. The molecule has 0 unspecified atom stereocenters. The van der Waals surface area contributed by atoms with E-state index < -0.39 is 26.8 Å². The molecule has 0 bridgehead atoms. The number of hydrogen-bond donors (Lipinski definition) is 0. The van der Waals surface area contributed by atoms with Gasteiger partial charge in [0, 0.05) is 0 Å². The van der Waals surface area contributed by atoms with E-state index in [-0.39, 0.29) is 0 Å². The molecule has 0 aromatic heterocycles. The first-order chi connectivity index (χ1) is 14.3. The van der Waals surface area contributed by atoms with Crippen LogP contribution in [0.2, 0.25) is 0 Å². The van der Waals surface area contributed by atoms with Gasteiger partial charge in [0.25, 0.3) is 0 Å². The zero-order chi connectivity index (χ0) is 22.1. The van der Waals surface area contributed by atoms with Gasteiger partial charge in [0.1, 0.15) is 0 Å². The van der Waals surface area contributed by atoms with Gasteiger partial charge >= 0.3 is 121 Å². The molecule has 6 heteroatoms. The van der Waals surface area contributed by atoms with Crippen LogP contribution in [0, 0.1) is 0 Å². The molecule has 0 saturated carbocycles. The van der Waals surface area contributed by atoms with Crippen LogP contribution in [0.5, 0.6) is 0 Å². The Morgan fingerprint density at radius 2 is 0.733 bits per heavy atom. The number of benzene rings is 3. The number of hydrogen-bond acceptors (Lipinski definition) is 0. The van der Waals surface area contributed by atoms with Crippen molar-refractivity contribution in [2.75, 3.05) is 42.3 Å². The Hall–Kier alpha value is -0.931. The monoisotopic (exact) mass is 546 g/mol. The van der Waals surface area contributed by atoms with E-state index in [2.05, 4.69) is 156 Å². The Bertz CT molecular complexity index is 795. The van der Waals surface area contributed by atoms with Gasteiger partial charge < -0.3 is 0 Å². The fourth-order valence-corrected chi connectivity index (χ4v) is 12.9. The zero-order valence-corrected chi connectivity index (χ0v) is 23.7. The van der Waals surface area contributed by atoms with E-state index >= 15 is 0 Å². The van der Waals surface area contributed by atoms with Crippen molar-refractivity contribution in [3.63, 3.8) is 0 Å². The maximum atomic E-state index is 3.82. The second-order valence-electron chi connectivity index (χ2n) is 7.58. The Balaban J connectivity index is 0.000000252. The fraction of sp³-hybridized carbons (Fsp3) is 0.250. The fourth-order valence-electron chi connectivity index (χ4n) is 3.39. The van der Waals surface area contributed by atoms with Crippen LogP contribution >= 0.6 is 15.5 Å². The summed E-state index contributed by atoms with van der Waals surface area (Å²) < 4.78 is 11.2. The van der Waals surface area contributed by atoms with E-state index in [4.69, 9.17) is 0 Å². The van der Waals surface area contributed by atoms with E-state index in [0.29, 0.717) is 0 Å². The first kappa shape index (κ1) is 25.3. The normalized spacial score (nSPS) is 11.7. The van der Waals surface area contributed by atoms with Crippen LogP contribution < -0.4 is 10.7 Å². The summed E-state index contributed by atoms with van der Waals surface area (Å²) >= 11 is -1.98. The topological polar surface area (TPSA) is 9.72 Å². The minimum absolute atomic E-state index is 1.38. The summed E-state index contributed by atoms with van der Waals surface area (Å²) in [6.07, 6.45) is 0. The number of rotatable bonds is 6. The van der Waals surface area contributed by atoms with Crippen molar-refractivity contribution in [2.24, 2.45) is 0 Å². The van der Waals surface area contributed by atoms with E-state index in [1.54, 1.807) is 0 Å². The molecular formula is C24H34N3P2Sn. The molecule has 3 rings (SSSR count). The van der Waals surface area contributed by atoms with Gasteiger partial charge in [0.05, 0.1) is 7.00 Å². The third-order valence-corrected chi connectivity index (χ3v) is 19.6. The SMILES string of the molecule is CN(C)P(=P)(N(C)C)N(C)C.c1cc[c]([Sn]([c]2ccccc2)[c]2ccccc2)cc1. The zero-order valence-electron chi connectivity index (χ0n) is 18.9. The van der Waals surface area contributed by atoms with Gasteiger partial charge in [-0.25, -0.2) is 0 Å². The van der Waals surface area contributed by atoms with Crippen LogP contribution in [-0.4, -0.2) is 76.1 Å². The quantitative estimate of drug-likeness (QED) is 0.346. The van der Waals surface area contributed by atoms with Crippen molar-refractivity contribution in [3.05, 3.63) is 91.0 Å². The van der Waals surface area contributed by atoms with E-state index in [0.717, 1.165) is 0 Å². The van der Waals surface area contributed by atoms with Crippen LogP contribution in [0.15, 0.2) is 91.0 Å². The van der Waals surface area contributed by atoms with E-state index in [1.165, 1.54) is 10.7 Å². The molecular weight excluding hydrogens is 511 g/mol. The van der Waals surface area contributed by atoms with Crippen molar-refractivity contribution < 1.29 is 0 Å². The Morgan fingerprint density at radius 1 is 0.500 bits per heavy atom. The van der Waals surface area contributed by atoms with Gasteiger partial charge in [0.2, 0.25) is 0 Å². The summed E-state index contributed by atoms with van der Waals surface area (Å²) in [5.41, 5.74) is 0. The summed E-state index contributed by atoms with van der Waals surface area (Å²) in [5, 5.41) is 0. The Labute approximate surface area is 192 Å². The summed E-state index contributed by atoms with van der Waals surface area (Å²) in [5.74, 6) is 0. The molecule has 0 aliphatic carbocycles. The molecule has 3 nitrogen and oxygen atoms in total. The van der Waals surface area contributed by atoms with E-state index in [1.807, 2.05) is 0 Å². The van der Waals surface area contributed by atoms with Crippen molar-refractivity contribution in [3.8, 4) is 0 Å². The average molecular weight is 545 g/mol. The summed E-state index contributed by atoms with van der Waals surface area (Å²) in [6, 6.07) is 32.9. The molecule has 0 saturated heterocycles. The van der Waals surface area contributed by atoms with Crippen LogP contribution in [0.4, 0.5) is 0 Å². The number of nitrogens with zero attached hydrogens (tertiary/aromatic N) is 3. The minimum atomic E-state index is -1.98. The molecule has 0 amide bonds. The van der Waals surface area contributed by atoms with Crippen molar-refractivity contribution in [2.45, 2.75) is 0 Å². The first-order valence-electron chi connectivity index (χ1n) is 9.99. The molecule has 1 radical (unpaired) electrons. The molecule has 3 aromatic rings. The van der Waals surface area contributed by atoms with Gasteiger partial charge in [-0.05, 0) is 42.3 Å². The summed E-state index contributed by atoms with van der Waals surface area (Å²) in [4.78, 5) is 0. The van der Waals surface area contributed by atoms with Crippen molar-refractivity contribution in [1.29, 1.82) is 0 Å². The predicted octanol–water partition coefficient (Wildman–Crippen LogP) is 3.69. The van der Waals surface area contributed by atoms with Crippen molar-refractivity contribution in [1.82, 2.24) is 14.0 Å². The standard InChI is InChI=1S/C6H19N3P2.3C6H5.Sn/c1-7(2)11(10,8(3)4)9(5)6;3*1-2-4-6-5-3-1;/h10H,1-6H3;3*1-5H;. The first-order valence-corrected chi connectivity index (χ1v) is 17.3. The molecule has 0 spiro atoms. The van der Waals surface area contributed by atoms with Gasteiger partial charge in [-0.1, -0.05) is 8.53 Å². The Kier molecular flexibility index (Phi) is 10.3. The molecule has 0 N–H and O–H groups in total. The molecule has 3 aromatic carbocycles. The van der Waals surface area contributed by atoms with Gasteiger partial charge in [-0.2, -0.15) is 0 Å².